The zero-order valence-corrected chi connectivity index (χ0v) is 10.4. The fraction of sp³-hybridized carbons (Fsp3) is 0.545. The van der Waals surface area contributed by atoms with E-state index in [4.69, 9.17) is 14.6 Å². The van der Waals surface area contributed by atoms with Crippen LogP contribution < -0.4 is 0 Å². The zero-order chi connectivity index (χ0) is 14.3. The van der Waals surface area contributed by atoms with Crippen LogP contribution in [-0.2, 0) is 14.2 Å². The number of rotatable bonds is 2. The Bertz CT molecular complexity index is 392. The van der Waals surface area contributed by atoms with Crippen molar-refractivity contribution in [1.29, 1.82) is 0 Å². The smallest absolute Gasteiger partial charge is 0.449 e. The molecule has 1 N–H and O–H groups in total. The van der Waals surface area contributed by atoms with Crippen LogP contribution >= 0.6 is 0 Å². The Kier molecular flexibility index (Phi) is 5.46. The van der Waals surface area contributed by atoms with Crippen molar-refractivity contribution in [3.8, 4) is 0 Å². The maximum absolute atomic E-state index is 10.6. The van der Waals surface area contributed by atoms with E-state index in [0.29, 0.717) is 6.79 Å². The molecule has 1 aliphatic heterocycles. The number of carboxylic acid groups (broad SMARTS) is 1. The Morgan fingerprint density at radius 1 is 1.53 bits per heavy atom. The largest absolute Gasteiger partial charge is 0.511 e. The summed E-state index contributed by atoms with van der Waals surface area (Å²) in [6.07, 6.45) is 2.70. The minimum absolute atomic E-state index is 0.122. The van der Waals surface area contributed by atoms with Crippen molar-refractivity contribution in [2.24, 2.45) is 0 Å². The van der Waals surface area contributed by atoms with E-state index in [1.165, 1.54) is 25.2 Å². The first-order chi connectivity index (χ1) is 8.94. The minimum Gasteiger partial charge on any atom is -0.449 e. The predicted octanol–water partition coefficient (Wildman–Crippen LogP) is 1.55. The molecular formula is C11H15NO7. The highest BCUT2D eigenvalue weighted by molar-refractivity contribution is 5.59. The van der Waals surface area contributed by atoms with Crippen molar-refractivity contribution >= 4 is 6.16 Å². The summed E-state index contributed by atoms with van der Waals surface area (Å²) in [5.41, 5.74) is -1.16. The number of allylic oxidation sites excluding steroid dienone is 1. The Balaban J connectivity index is 0.000000300. The van der Waals surface area contributed by atoms with Crippen molar-refractivity contribution in [2.45, 2.75) is 18.9 Å². The van der Waals surface area contributed by atoms with E-state index in [0.717, 1.165) is 13.2 Å². The van der Waals surface area contributed by atoms with Gasteiger partial charge in [0.25, 0.3) is 0 Å². The minimum atomic E-state index is -1.43. The topological polar surface area (TPSA) is 108 Å². The van der Waals surface area contributed by atoms with E-state index in [9.17, 15) is 14.9 Å². The van der Waals surface area contributed by atoms with E-state index in [1.54, 1.807) is 0 Å². The molecule has 19 heavy (non-hydrogen) atoms. The van der Waals surface area contributed by atoms with Gasteiger partial charge in [-0.3, -0.25) is 10.1 Å². The Morgan fingerprint density at radius 2 is 2.16 bits per heavy atom. The van der Waals surface area contributed by atoms with Crippen LogP contribution in [0.2, 0.25) is 0 Å². The highest BCUT2D eigenvalue weighted by Crippen LogP contribution is 2.23. The maximum Gasteiger partial charge on any atom is 0.511 e. The van der Waals surface area contributed by atoms with Crippen molar-refractivity contribution in [3.05, 3.63) is 34.1 Å². The molecule has 0 saturated carbocycles. The summed E-state index contributed by atoms with van der Waals surface area (Å²) >= 11 is 0. The second-order valence-electron chi connectivity index (χ2n) is 4.06. The molecule has 8 nitrogen and oxygen atoms in total. The Morgan fingerprint density at radius 3 is 2.47 bits per heavy atom. The van der Waals surface area contributed by atoms with Gasteiger partial charge in [0.05, 0.1) is 13.2 Å². The normalized spacial score (nSPS) is 25.0. The first-order valence-corrected chi connectivity index (χ1v) is 5.54. The fourth-order valence-electron chi connectivity index (χ4n) is 1.31. The highest BCUT2D eigenvalue weighted by Gasteiger charge is 2.35. The van der Waals surface area contributed by atoms with Gasteiger partial charge in [-0.25, -0.2) is 4.79 Å². The third kappa shape index (κ3) is 5.06. The monoisotopic (exact) mass is 273 g/mol. The molecule has 1 aliphatic carbocycles. The Hall–Kier alpha value is -1.93. The third-order valence-corrected chi connectivity index (χ3v) is 2.48. The lowest BCUT2D eigenvalue weighted by molar-refractivity contribution is -0.549. The second-order valence-corrected chi connectivity index (χ2v) is 4.06. The van der Waals surface area contributed by atoms with Gasteiger partial charge in [-0.2, -0.15) is 0 Å². The quantitative estimate of drug-likeness (QED) is 0.462. The van der Waals surface area contributed by atoms with Gasteiger partial charge < -0.3 is 19.3 Å². The second kappa shape index (κ2) is 6.86. The maximum atomic E-state index is 10.6. The van der Waals surface area contributed by atoms with E-state index in [1.807, 2.05) is 0 Å². The molecule has 0 bridgehead atoms. The molecule has 106 valence electrons. The van der Waals surface area contributed by atoms with Gasteiger partial charge in [-0.05, 0) is 18.2 Å². The van der Waals surface area contributed by atoms with E-state index in [2.05, 4.69) is 4.74 Å². The average Bonchev–Trinajstić information content (AvgIpc) is 2.90. The van der Waals surface area contributed by atoms with Crippen molar-refractivity contribution in [1.82, 2.24) is 0 Å². The molecule has 0 amide bonds. The van der Waals surface area contributed by atoms with Gasteiger partial charge in [0.2, 0.25) is 5.54 Å². The molecule has 8 heteroatoms. The van der Waals surface area contributed by atoms with Crippen molar-refractivity contribution in [3.63, 3.8) is 0 Å². The number of ether oxygens (including phenoxy) is 3. The molecular weight excluding hydrogens is 258 g/mol. The van der Waals surface area contributed by atoms with Gasteiger partial charge >= 0.3 is 6.16 Å². The van der Waals surface area contributed by atoms with Crippen LogP contribution in [0.15, 0.2) is 24.0 Å². The van der Waals surface area contributed by atoms with Gasteiger partial charge in [-0.15, -0.1) is 0 Å². The predicted molar refractivity (Wildman–Crippen MR) is 63.1 cm³/mol. The first kappa shape index (κ1) is 15.1. The SMILES string of the molecule is C1COCO1.CC1([N+](=O)[O-])C=CC(OC(=O)O)=CC1. The molecule has 0 spiro atoms. The summed E-state index contributed by atoms with van der Waals surface area (Å²) in [6.45, 7) is 3.51. The molecule has 1 heterocycles. The summed E-state index contributed by atoms with van der Waals surface area (Å²) in [7, 11) is 0. The average molecular weight is 273 g/mol. The number of carbonyl (C=O) groups is 1. The molecule has 0 aromatic rings. The van der Waals surface area contributed by atoms with Gasteiger partial charge in [0, 0.05) is 18.3 Å². The zero-order valence-electron chi connectivity index (χ0n) is 10.4. The van der Waals surface area contributed by atoms with Crippen LogP contribution in [0.4, 0.5) is 4.79 Å². The summed E-state index contributed by atoms with van der Waals surface area (Å²) in [4.78, 5) is 20.3. The molecule has 0 aromatic heterocycles. The molecule has 1 atom stereocenters. The highest BCUT2D eigenvalue weighted by atomic mass is 16.7. The van der Waals surface area contributed by atoms with Crippen LogP contribution in [0.1, 0.15) is 13.3 Å². The first-order valence-electron chi connectivity index (χ1n) is 5.54. The van der Waals surface area contributed by atoms with Gasteiger partial charge in [0.15, 0.2) is 0 Å². The van der Waals surface area contributed by atoms with Gasteiger partial charge in [0.1, 0.15) is 12.6 Å². The molecule has 0 radical (unpaired) electrons. The van der Waals surface area contributed by atoms with E-state index in [-0.39, 0.29) is 12.2 Å². The number of nitro groups is 1. The van der Waals surface area contributed by atoms with Crippen LogP contribution in [0.5, 0.6) is 0 Å². The summed E-state index contributed by atoms with van der Waals surface area (Å²) in [5, 5.41) is 18.8. The standard InChI is InChI=1S/C8H9NO5.C3H6O2/c1-8(9(12)13)4-2-6(3-5-8)14-7(10)11;1-2-5-3-4-1/h2-4H,5H2,1H3,(H,10,11);1-3H2. The lowest BCUT2D eigenvalue weighted by atomic mass is 9.94. The lowest BCUT2D eigenvalue weighted by Crippen LogP contribution is -2.33. The number of hydrogen-bond donors (Lipinski definition) is 1. The Labute approximate surface area is 109 Å². The molecule has 2 aliphatic rings. The number of nitrogens with zero attached hydrogens (tertiary/aromatic N) is 1. The van der Waals surface area contributed by atoms with E-state index >= 15 is 0 Å². The van der Waals surface area contributed by atoms with E-state index < -0.39 is 16.6 Å². The molecule has 2 rings (SSSR count). The summed E-state index contributed by atoms with van der Waals surface area (Å²) in [6, 6.07) is 0. The van der Waals surface area contributed by atoms with Crippen molar-refractivity contribution < 1.29 is 29.0 Å². The molecule has 0 aromatic carbocycles. The molecule has 1 fully saturated rings. The summed E-state index contributed by atoms with van der Waals surface area (Å²) < 4.78 is 13.8. The lowest BCUT2D eigenvalue weighted by Gasteiger charge is -2.18. The van der Waals surface area contributed by atoms with Crippen molar-refractivity contribution in [2.75, 3.05) is 20.0 Å². The van der Waals surface area contributed by atoms with Crippen LogP contribution in [0, 0.1) is 10.1 Å². The number of hydrogen-bond acceptors (Lipinski definition) is 6. The van der Waals surface area contributed by atoms with Gasteiger partial charge in [-0.1, -0.05) is 0 Å². The van der Waals surface area contributed by atoms with Crippen LogP contribution in [-0.4, -0.2) is 41.7 Å². The summed E-state index contributed by atoms with van der Waals surface area (Å²) in [5.74, 6) is 0.122. The third-order valence-electron chi connectivity index (χ3n) is 2.48. The van der Waals surface area contributed by atoms with Crippen LogP contribution in [0.25, 0.3) is 0 Å². The molecule has 1 saturated heterocycles. The molecule has 1 unspecified atom stereocenters. The van der Waals surface area contributed by atoms with Crippen LogP contribution in [0.3, 0.4) is 0 Å². The fourth-order valence-corrected chi connectivity index (χ4v) is 1.31.